The third kappa shape index (κ3) is 5.42. The average molecular weight is 497 g/mol. The summed E-state index contributed by atoms with van der Waals surface area (Å²) in [6, 6.07) is 19.7. The zero-order chi connectivity index (χ0) is 21.8. The Hall–Kier alpha value is -2.90. The molecule has 0 unspecified atom stereocenters. The van der Waals surface area contributed by atoms with Crippen LogP contribution in [-0.2, 0) is 11.4 Å². The largest absolute Gasteiger partial charge is 0.488 e. The molecule has 3 aromatic rings. The molecule has 0 aromatic heterocycles. The maximum absolute atomic E-state index is 13.9. The van der Waals surface area contributed by atoms with Gasteiger partial charge >= 0.3 is 0 Å². The molecule has 0 spiro atoms. The Balaban J connectivity index is 1.56. The van der Waals surface area contributed by atoms with Gasteiger partial charge in [0.1, 0.15) is 18.2 Å². The first-order valence-electron chi connectivity index (χ1n) is 9.50. The van der Waals surface area contributed by atoms with Crippen LogP contribution >= 0.6 is 27.7 Å². The van der Waals surface area contributed by atoms with E-state index < -0.39 is 0 Å². The summed E-state index contributed by atoms with van der Waals surface area (Å²) in [5, 5.41) is 3.31. The van der Waals surface area contributed by atoms with Crippen LogP contribution in [0.25, 0.3) is 6.08 Å². The van der Waals surface area contributed by atoms with Crippen molar-refractivity contribution in [3.05, 3.63) is 98.6 Å². The SMILES string of the molecule is Cc1ccc(N=C2NC(=O)/C(=C\c3cc(Br)ccc3OCc3ccccc3F)S2)cc1. The minimum atomic E-state index is -0.317. The molecule has 4 nitrogen and oxygen atoms in total. The molecule has 1 heterocycles. The van der Waals surface area contributed by atoms with Gasteiger partial charge in [0.05, 0.1) is 10.6 Å². The van der Waals surface area contributed by atoms with E-state index >= 15 is 0 Å². The van der Waals surface area contributed by atoms with Crippen LogP contribution in [0.4, 0.5) is 10.1 Å². The fraction of sp³-hybridized carbons (Fsp3) is 0.0833. The van der Waals surface area contributed by atoms with Gasteiger partial charge in [-0.2, -0.15) is 0 Å². The minimum Gasteiger partial charge on any atom is -0.488 e. The van der Waals surface area contributed by atoms with Gasteiger partial charge in [-0.25, -0.2) is 9.38 Å². The number of aliphatic imine (C=N–C) groups is 1. The molecule has 0 atom stereocenters. The predicted molar refractivity (Wildman–Crippen MR) is 127 cm³/mol. The molecule has 156 valence electrons. The van der Waals surface area contributed by atoms with E-state index in [2.05, 4.69) is 26.2 Å². The van der Waals surface area contributed by atoms with E-state index in [1.165, 1.54) is 17.8 Å². The molecule has 1 aliphatic rings. The molecular formula is C24H18BrFN2O2S. The summed E-state index contributed by atoms with van der Waals surface area (Å²) >= 11 is 4.72. The van der Waals surface area contributed by atoms with Crippen LogP contribution < -0.4 is 10.1 Å². The lowest BCUT2D eigenvalue weighted by atomic mass is 10.1. The molecule has 31 heavy (non-hydrogen) atoms. The summed E-state index contributed by atoms with van der Waals surface area (Å²) in [6.45, 7) is 2.09. The second-order valence-corrected chi connectivity index (χ2v) is 8.83. The van der Waals surface area contributed by atoms with Crippen LogP contribution in [0, 0.1) is 12.7 Å². The van der Waals surface area contributed by atoms with Crippen LogP contribution in [0.3, 0.4) is 0 Å². The Labute approximate surface area is 192 Å². The fourth-order valence-electron chi connectivity index (χ4n) is 2.89. The molecule has 1 N–H and O–H groups in total. The molecule has 4 rings (SSSR count). The summed E-state index contributed by atoms with van der Waals surface area (Å²) in [7, 11) is 0. The minimum absolute atomic E-state index is 0.0873. The number of hydrogen-bond donors (Lipinski definition) is 1. The number of nitrogens with one attached hydrogen (secondary N) is 1. The molecular weight excluding hydrogens is 479 g/mol. The van der Waals surface area contributed by atoms with Crippen molar-refractivity contribution in [2.75, 3.05) is 0 Å². The number of carbonyl (C=O) groups is 1. The number of ether oxygens (including phenoxy) is 1. The number of benzene rings is 3. The van der Waals surface area contributed by atoms with Gasteiger partial charge in [-0.1, -0.05) is 51.8 Å². The Kier molecular flexibility index (Phi) is 6.53. The van der Waals surface area contributed by atoms with E-state index in [9.17, 15) is 9.18 Å². The molecule has 0 radical (unpaired) electrons. The molecule has 0 saturated carbocycles. The predicted octanol–water partition coefficient (Wildman–Crippen LogP) is 6.37. The monoisotopic (exact) mass is 496 g/mol. The van der Waals surface area contributed by atoms with Gasteiger partial charge in [0.25, 0.3) is 5.91 Å². The molecule has 1 aliphatic heterocycles. The van der Waals surface area contributed by atoms with E-state index in [-0.39, 0.29) is 18.3 Å². The molecule has 3 aromatic carbocycles. The highest BCUT2D eigenvalue weighted by Gasteiger charge is 2.24. The van der Waals surface area contributed by atoms with Crippen LogP contribution in [0.5, 0.6) is 5.75 Å². The third-order valence-corrected chi connectivity index (χ3v) is 5.92. The van der Waals surface area contributed by atoms with Crippen molar-refractivity contribution in [3.63, 3.8) is 0 Å². The van der Waals surface area contributed by atoms with Crippen molar-refractivity contribution in [1.29, 1.82) is 0 Å². The van der Waals surface area contributed by atoms with Crippen LogP contribution in [0.15, 0.2) is 81.1 Å². The number of thioether (sulfide) groups is 1. The Morgan fingerprint density at radius 2 is 1.90 bits per heavy atom. The summed E-state index contributed by atoms with van der Waals surface area (Å²) in [5.41, 5.74) is 3.08. The smallest absolute Gasteiger partial charge is 0.264 e. The van der Waals surface area contributed by atoms with Crippen molar-refractivity contribution in [2.45, 2.75) is 13.5 Å². The summed E-state index contributed by atoms with van der Waals surface area (Å²) in [5.74, 6) is 0.00868. The standard InChI is InChI=1S/C24H18BrFN2O2S/c1-15-6-9-19(10-7-15)27-24-28-23(29)22(31-24)13-17-12-18(25)8-11-21(17)30-14-16-4-2-3-5-20(16)26/h2-13H,14H2,1H3,(H,27,28,29)/b22-13+. The Morgan fingerprint density at radius 1 is 1.13 bits per heavy atom. The highest BCUT2D eigenvalue weighted by atomic mass is 79.9. The first kappa shape index (κ1) is 21.3. The van der Waals surface area contributed by atoms with Crippen LogP contribution in [0.1, 0.15) is 16.7 Å². The number of aryl methyl sites for hydroxylation is 1. The van der Waals surface area contributed by atoms with Gasteiger partial charge in [0.2, 0.25) is 0 Å². The van der Waals surface area contributed by atoms with Crippen molar-refractivity contribution in [1.82, 2.24) is 5.32 Å². The van der Waals surface area contributed by atoms with E-state index in [4.69, 9.17) is 4.74 Å². The number of amidine groups is 1. The number of rotatable bonds is 5. The lowest BCUT2D eigenvalue weighted by Crippen LogP contribution is -2.19. The van der Waals surface area contributed by atoms with Crippen molar-refractivity contribution in [3.8, 4) is 5.75 Å². The van der Waals surface area contributed by atoms with Crippen LogP contribution in [0.2, 0.25) is 0 Å². The van der Waals surface area contributed by atoms with Gasteiger partial charge in [-0.05, 0) is 61.2 Å². The number of amides is 1. The summed E-state index contributed by atoms with van der Waals surface area (Å²) in [6.07, 6.45) is 1.75. The van der Waals surface area contributed by atoms with Gasteiger partial charge in [0, 0.05) is 15.6 Å². The first-order chi connectivity index (χ1) is 15.0. The van der Waals surface area contributed by atoms with Crippen LogP contribution in [-0.4, -0.2) is 11.1 Å². The molecule has 0 aliphatic carbocycles. The summed E-state index contributed by atoms with van der Waals surface area (Å²) in [4.78, 5) is 17.5. The molecule has 7 heteroatoms. The topological polar surface area (TPSA) is 50.7 Å². The fourth-order valence-corrected chi connectivity index (χ4v) is 4.10. The highest BCUT2D eigenvalue weighted by Crippen LogP contribution is 2.32. The van der Waals surface area contributed by atoms with Gasteiger partial charge in [0.15, 0.2) is 5.17 Å². The van der Waals surface area contributed by atoms with Gasteiger partial charge in [-0.15, -0.1) is 0 Å². The lowest BCUT2D eigenvalue weighted by Gasteiger charge is -2.11. The normalized spacial score (nSPS) is 16.0. The molecule has 1 fully saturated rings. The van der Waals surface area contributed by atoms with E-state index in [0.29, 0.717) is 26.9 Å². The quantitative estimate of drug-likeness (QED) is 0.417. The van der Waals surface area contributed by atoms with Crippen molar-refractivity contribution >= 4 is 50.5 Å². The summed E-state index contributed by atoms with van der Waals surface area (Å²) < 4.78 is 20.6. The zero-order valence-electron chi connectivity index (χ0n) is 16.6. The highest BCUT2D eigenvalue weighted by molar-refractivity contribution is 9.10. The Morgan fingerprint density at radius 3 is 2.68 bits per heavy atom. The zero-order valence-corrected chi connectivity index (χ0v) is 19.0. The van der Waals surface area contributed by atoms with Crippen molar-refractivity contribution < 1.29 is 13.9 Å². The lowest BCUT2D eigenvalue weighted by molar-refractivity contribution is -0.115. The van der Waals surface area contributed by atoms with E-state index in [0.717, 1.165) is 15.7 Å². The molecule has 0 bridgehead atoms. The molecule has 1 amide bonds. The second kappa shape index (κ2) is 9.49. The van der Waals surface area contributed by atoms with E-state index in [1.807, 2.05) is 43.3 Å². The molecule has 1 saturated heterocycles. The maximum Gasteiger partial charge on any atom is 0.264 e. The number of hydrogen-bond acceptors (Lipinski definition) is 4. The average Bonchev–Trinajstić information content (AvgIpc) is 3.09. The first-order valence-corrected chi connectivity index (χ1v) is 11.1. The van der Waals surface area contributed by atoms with Gasteiger partial charge < -0.3 is 10.1 Å². The van der Waals surface area contributed by atoms with E-state index in [1.54, 1.807) is 30.3 Å². The third-order valence-electron chi connectivity index (χ3n) is 4.51. The second-order valence-electron chi connectivity index (χ2n) is 6.88. The number of nitrogens with zero attached hydrogens (tertiary/aromatic N) is 1. The number of carbonyl (C=O) groups excluding carboxylic acids is 1. The van der Waals surface area contributed by atoms with Crippen molar-refractivity contribution in [2.24, 2.45) is 4.99 Å². The maximum atomic E-state index is 13.9. The Bertz CT molecular complexity index is 1190. The number of halogens is 2. The van der Waals surface area contributed by atoms with Gasteiger partial charge in [-0.3, -0.25) is 4.79 Å².